The zero-order valence-corrected chi connectivity index (χ0v) is 17.1. The van der Waals surface area contributed by atoms with E-state index in [4.69, 9.17) is 0 Å². The SMILES string of the molecule is CC[C@H](C)c1ccc(S(=O)(=O)N2CCN(C(=O)C[C@@H]3C=CCC3)CC2)cc1. The van der Waals surface area contributed by atoms with Crippen LogP contribution in [0.1, 0.15) is 51.0 Å². The minimum Gasteiger partial charge on any atom is -0.340 e. The Morgan fingerprint density at radius 1 is 1.15 bits per heavy atom. The summed E-state index contributed by atoms with van der Waals surface area (Å²) in [7, 11) is -3.50. The molecule has 3 rings (SSSR count). The van der Waals surface area contributed by atoms with E-state index in [9.17, 15) is 13.2 Å². The zero-order valence-electron chi connectivity index (χ0n) is 16.3. The van der Waals surface area contributed by atoms with Crippen molar-refractivity contribution in [2.45, 2.75) is 50.3 Å². The summed E-state index contributed by atoms with van der Waals surface area (Å²) < 4.78 is 27.3. The Hall–Kier alpha value is -1.66. The third kappa shape index (κ3) is 4.61. The lowest BCUT2D eigenvalue weighted by atomic mass is 9.99. The summed E-state index contributed by atoms with van der Waals surface area (Å²) in [5.41, 5.74) is 1.16. The Morgan fingerprint density at radius 2 is 1.81 bits per heavy atom. The lowest BCUT2D eigenvalue weighted by molar-refractivity contribution is -0.133. The van der Waals surface area contributed by atoms with Crippen molar-refractivity contribution in [3.8, 4) is 0 Å². The maximum atomic E-state index is 12.9. The summed E-state index contributed by atoms with van der Waals surface area (Å²) in [6.45, 7) is 5.93. The first kappa shape index (κ1) is 20.1. The fourth-order valence-corrected chi connectivity index (χ4v) is 5.17. The van der Waals surface area contributed by atoms with Crippen molar-refractivity contribution in [2.24, 2.45) is 5.92 Å². The van der Waals surface area contributed by atoms with Gasteiger partial charge in [0.25, 0.3) is 0 Å². The molecule has 0 spiro atoms. The molecule has 1 heterocycles. The molecule has 1 aromatic carbocycles. The van der Waals surface area contributed by atoms with Gasteiger partial charge in [0.15, 0.2) is 0 Å². The van der Waals surface area contributed by atoms with Crippen LogP contribution >= 0.6 is 0 Å². The average molecular weight is 391 g/mol. The summed E-state index contributed by atoms with van der Waals surface area (Å²) in [5, 5.41) is 0. The van der Waals surface area contributed by atoms with Gasteiger partial charge in [0.05, 0.1) is 4.90 Å². The Morgan fingerprint density at radius 3 is 2.37 bits per heavy atom. The van der Waals surface area contributed by atoms with E-state index in [-0.39, 0.29) is 5.91 Å². The number of benzene rings is 1. The third-order valence-electron chi connectivity index (χ3n) is 5.84. The first-order chi connectivity index (χ1) is 12.9. The molecular formula is C21H30N2O3S. The largest absolute Gasteiger partial charge is 0.340 e. The highest BCUT2D eigenvalue weighted by Crippen LogP contribution is 2.24. The molecule has 0 saturated carbocycles. The maximum Gasteiger partial charge on any atom is 0.243 e. The number of rotatable bonds is 6. The summed E-state index contributed by atoms with van der Waals surface area (Å²) in [6.07, 6.45) is 7.93. The van der Waals surface area contributed by atoms with Gasteiger partial charge in [0.2, 0.25) is 15.9 Å². The highest BCUT2D eigenvalue weighted by molar-refractivity contribution is 7.89. The molecule has 1 saturated heterocycles. The van der Waals surface area contributed by atoms with E-state index in [2.05, 4.69) is 26.0 Å². The number of carbonyl (C=O) groups excluding carboxylic acids is 1. The molecule has 0 aromatic heterocycles. The van der Waals surface area contributed by atoms with E-state index >= 15 is 0 Å². The van der Waals surface area contributed by atoms with Crippen LogP contribution in [-0.2, 0) is 14.8 Å². The van der Waals surface area contributed by atoms with E-state index in [1.165, 1.54) is 4.31 Å². The van der Waals surface area contributed by atoms with E-state index in [1.54, 1.807) is 12.1 Å². The molecule has 5 nitrogen and oxygen atoms in total. The van der Waals surface area contributed by atoms with Crippen molar-refractivity contribution < 1.29 is 13.2 Å². The van der Waals surface area contributed by atoms with Gasteiger partial charge in [-0.05, 0) is 48.8 Å². The maximum absolute atomic E-state index is 12.9. The Bertz CT molecular complexity index is 778. The topological polar surface area (TPSA) is 57.7 Å². The second-order valence-corrected chi connectivity index (χ2v) is 9.57. The summed E-state index contributed by atoms with van der Waals surface area (Å²) in [4.78, 5) is 14.6. The standard InChI is InChI=1S/C21H30N2O3S/c1-3-17(2)19-8-10-20(11-9-19)27(25,26)23-14-12-22(13-15-23)21(24)16-18-6-4-5-7-18/h4,6,8-11,17-18H,3,5,7,12-16H2,1-2H3/t17-,18+/m0/s1. The van der Waals surface area contributed by atoms with E-state index in [0.29, 0.717) is 49.3 Å². The fourth-order valence-electron chi connectivity index (χ4n) is 3.75. The van der Waals surface area contributed by atoms with Crippen LogP contribution in [0, 0.1) is 5.92 Å². The predicted molar refractivity (Wildman–Crippen MR) is 107 cm³/mol. The molecule has 0 bridgehead atoms. The van der Waals surface area contributed by atoms with Gasteiger partial charge in [-0.1, -0.05) is 38.1 Å². The first-order valence-corrected chi connectivity index (χ1v) is 11.4. The number of hydrogen-bond donors (Lipinski definition) is 0. The lowest BCUT2D eigenvalue weighted by Crippen LogP contribution is -2.50. The molecule has 6 heteroatoms. The smallest absolute Gasteiger partial charge is 0.243 e. The quantitative estimate of drug-likeness (QED) is 0.700. The molecular weight excluding hydrogens is 360 g/mol. The second kappa shape index (κ2) is 8.57. The average Bonchev–Trinajstić information content (AvgIpc) is 3.20. The van der Waals surface area contributed by atoms with Gasteiger partial charge in [0.1, 0.15) is 0 Å². The van der Waals surface area contributed by atoms with Crippen molar-refractivity contribution in [1.82, 2.24) is 9.21 Å². The minimum absolute atomic E-state index is 0.140. The molecule has 148 valence electrons. The Kier molecular flexibility index (Phi) is 6.37. The van der Waals surface area contributed by atoms with Crippen molar-refractivity contribution >= 4 is 15.9 Å². The number of nitrogens with zero attached hydrogens (tertiary/aromatic N) is 2. The van der Waals surface area contributed by atoms with Gasteiger partial charge >= 0.3 is 0 Å². The third-order valence-corrected chi connectivity index (χ3v) is 7.75. The van der Waals surface area contributed by atoms with Crippen molar-refractivity contribution in [3.63, 3.8) is 0 Å². The monoisotopic (exact) mass is 390 g/mol. The fraction of sp³-hybridized carbons (Fsp3) is 0.571. The van der Waals surface area contributed by atoms with E-state index in [1.807, 2.05) is 17.0 Å². The second-order valence-electron chi connectivity index (χ2n) is 7.63. The Balaban J connectivity index is 1.59. The van der Waals surface area contributed by atoms with Crippen molar-refractivity contribution in [2.75, 3.05) is 26.2 Å². The number of carbonyl (C=O) groups is 1. The molecule has 0 unspecified atom stereocenters. The molecule has 1 amide bonds. The van der Waals surface area contributed by atoms with Gasteiger partial charge in [-0.2, -0.15) is 4.31 Å². The van der Waals surface area contributed by atoms with E-state index < -0.39 is 10.0 Å². The molecule has 1 aliphatic heterocycles. The lowest BCUT2D eigenvalue weighted by Gasteiger charge is -2.34. The molecule has 0 N–H and O–H groups in total. The van der Waals surface area contributed by atoms with Gasteiger partial charge in [-0.15, -0.1) is 0 Å². The Labute approximate surface area is 163 Å². The van der Waals surface area contributed by atoms with Crippen LogP contribution in [0.4, 0.5) is 0 Å². The molecule has 2 atom stereocenters. The molecule has 1 aliphatic carbocycles. The highest BCUT2D eigenvalue weighted by Gasteiger charge is 2.30. The van der Waals surface area contributed by atoms with Gasteiger partial charge in [-0.25, -0.2) is 8.42 Å². The normalized spacial score (nSPS) is 22.1. The number of amides is 1. The van der Waals surface area contributed by atoms with Crippen LogP contribution in [0.2, 0.25) is 0 Å². The van der Waals surface area contributed by atoms with Gasteiger partial charge in [-0.3, -0.25) is 4.79 Å². The molecule has 1 fully saturated rings. The van der Waals surface area contributed by atoms with Crippen LogP contribution in [0.25, 0.3) is 0 Å². The molecule has 1 aromatic rings. The van der Waals surface area contributed by atoms with Crippen LogP contribution < -0.4 is 0 Å². The van der Waals surface area contributed by atoms with Gasteiger partial charge < -0.3 is 4.90 Å². The number of hydrogen-bond acceptors (Lipinski definition) is 3. The van der Waals surface area contributed by atoms with Crippen LogP contribution in [0.5, 0.6) is 0 Å². The zero-order chi connectivity index (χ0) is 19.4. The predicted octanol–water partition coefficient (Wildman–Crippen LogP) is 3.39. The molecule has 27 heavy (non-hydrogen) atoms. The summed E-state index contributed by atoms with van der Waals surface area (Å²) in [6, 6.07) is 7.24. The number of allylic oxidation sites excluding steroid dienone is 2. The number of piperazine rings is 1. The van der Waals surface area contributed by atoms with Crippen LogP contribution in [0.3, 0.4) is 0 Å². The van der Waals surface area contributed by atoms with Crippen LogP contribution in [-0.4, -0.2) is 49.7 Å². The van der Waals surface area contributed by atoms with E-state index in [0.717, 1.165) is 24.8 Å². The molecule has 0 radical (unpaired) electrons. The van der Waals surface area contributed by atoms with Crippen molar-refractivity contribution in [3.05, 3.63) is 42.0 Å². The summed E-state index contributed by atoms with van der Waals surface area (Å²) in [5.74, 6) is 0.913. The van der Waals surface area contributed by atoms with Crippen LogP contribution in [0.15, 0.2) is 41.3 Å². The highest BCUT2D eigenvalue weighted by atomic mass is 32.2. The van der Waals surface area contributed by atoms with Gasteiger partial charge in [0, 0.05) is 32.6 Å². The minimum atomic E-state index is -3.50. The molecule has 2 aliphatic rings. The first-order valence-electron chi connectivity index (χ1n) is 9.96. The van der Waals surface area contributed by atoms with Crippen molar-refractivity contribution in [1.29, 1.82) is 0 Å². The summed E-state index contributed by atoms with van der Waals surface area (Å²) >= 11 is 0. The number of sulfonamides is 1.